The van der Waals surface area contributed by atoms with Crippen molar-refractivity contribution in [1.82, 2.24) is 4.57 Å². The molecule has 0 atom stereocenters. The van der Waals surface area contributed by atoms with Crippen LogP contribution in [0.5, 0.6) is 11.5 Å². The number of thiophene rings is 1. The summed E-state index contributed by atoms with van der Waals surface area (Å²) in [5.74, 6) is 0.416. The first-order valence-electron chi connectivity index (χ1n) is 10.2. The number of carboxylic acid groups (broad SMARTS) is 1. The van der Waals surface area contributed by atoms with E-state index in [0.717, 1.165) is 40.3 Å². The maximum Gasteiger partial charge on any atom is 0.307 e. The SMILES string of the molecule is CCCCOc1cc2c(CC(=O)O)cn(Cc3csc4ccc(Cl)cc34)c2cc1OC. The van der Waals surface area contributed by atoms with Gasteiger partial charge in [-0.2, -0.15) is 0 Å². The highest BCUT2D eigenvalue weighted by Gasteiger charge is 2.17. The van der Waals surface area contributed by atoms with Crippen LogP contribution in [-0.2, 0) is 17.8 Å². The molecule has 0 saturated heterocycles. The number of halogens is 1. The van der Waals surface area contributed by atoms with Gasteiger partial charge < -0.3 is 19.1 Å². The van der Waals surface area contributed by atoms with E-state index in [2.05, 4.69) is 16.9 Å². The lowest BCUT2D eigenvalue weighted by Gasteiger charge is -2.12. The molecule has 0 bridgehead atoms. The standard InChI is InChI=1S/C24H24ClNO4S/c1-3-4-7-30-22-10-18-15(8-24(27)28)12-26(20(18)11-21(22)29-2)13-16-14-31-23-6-5-17(25)9-19(16)23/h5-6,9-12,14H,3-4,7-8,13H2,1-2H3,(H,27,28). The Morgan fingerprint density at radius 3 is 2.74 bits per heavy atom. The van der Waals surface area contributed by atoms with Gasteiger partial charge in [0.15, 0.2) is 11.5 Å². The fourth-order valence-corrected chi connectivity index (χ4v) is 4.87. The largest absolute Gasteiger partial charge is 0.493 e. The molecule has 0 spiro atoms. The van der Waals surface area contributed by atoms with Gasteiger partial charge in [-0.25, -0.2) is 0 Å². The lowest BCUT2D eigenvalue weighted by molar-refractivity contribution is -0.136. The Kier molecular flexibility index (Phi) is 6.39. The molecule has 4 aromatic rings. The molecule has 2 aromatic heterocycles. The molecule has 5 nitrogen and oxygen atoms in total. The normalized spacial score (nSPS) is 11.3. The van der Waals surface area contributed by atoms with Crippen LogP contribution in [0, 0.1) is 0 Å². The van der Waals surface area contributed by atoms with E-state index < -0.39 is 5.97 Å². The average molecular weight is 458 g/mol. The van der Waals surface area contributed by atoms with E-state index in [1.54, 1.807) is 18.4 Å². The van der Waals surface area contributed by atoms with Crippen LogP contribution >= 0.6 is 22.9 Å². The molecule has 4 rings (SSSR count). The number of aromatic nitrogens is 1. The number of unbranched alkanes of at least 4 members (excludes halogenated alkanes) is 1. The third-order valence-electron chi connectivity index (χ3n) is 5.30. The second-order valence-corrected chi connectivity index (χ2v) is 8.82. The Morgan fingerprint density at radius 2 is 2.00 bits per heavy atom. The van der Waals surface area contributed by atoms with E-state index in [4.69, 9.17) is 21.1 Å². The molecule has 1 N–H and O–H groups in total. The van der Waals surface area contributed by atoms with Crippen molar-refractivity contribution in [2.24, 2.45) is 0 Å². The fourth-order valence-electron chi connectivity index (χ4n) is 3.76. The van der Waals surface area contributed by atoms with Gasteiger partial charge >= 0.3 is 5.97 Å². The highest BCUT2D eigenvalue weighted by Crippen LogP contribution is 2.37. The van der Waals surface area contributed by atoms with Crippen LogP contribution in [0.15, 0.2) is 41.9 Å². The van der Waals surface area contributed by atoms with Crippen LogP contribution in [-0.4, -0.2) is 29.4 Å². The van der Waals surface area contributed by atoms with Gasteiger partial charge in [-0.05, 0) is 52.6 Å². The second kappa shape index (κ2) is 9.20. The zero-order valence-corrected chi connectivity index (χ0v) is 19.1. The molecular formula is C24H24ClNO4S. The average Bonchev–Trinajstić information content (AvgIpc) is 3.28. The predicted molar refractivity (Wildman–Crippen MR) is 126 cm³/mol. The lowest BCUT2D eigenvalue weighted by atomic mass is 10.1. The summed E-state index contributed by atoms with van der Waals surface area (Å²) < 4.78 is 14.8. The van der Waals surface area contributed by atoms with Crippen molar-refractivity contribution in [1.29, 1.82) is 0 Å². The number of nitrogens with zero attached hydrogens (tertiary/aromatic N) is 1. The van der Waals surface area contributed by atoms with Crippen molar-refractivity contribution in [2.45, 2.75) is 32.7 Å². The first-order chi connectivity index (χ1) is 15.0. The van der Waals surface area contributed by atoms with E-state index >= 15 is 0 Å². The minimum atomic E-state index is -0.865. The number of hydrogen-bond donors (Lipinski definition) is 1. The van der Waals surface area contributed by atoms with Crippen molar-refractivity contribution >= 4 is 49.9 Å². The number of methoxy groups -OCH3 is 1. The molecular weight excluding hydrogens is 434 g/mol. The van der Waals surface area contributed by atoms with Gasteiger partial charge in [-0.1, -0.05) is 24.9 Å². The molecule has 0 aliphatic rings. The smallest absolute Gasteiger partial charge is 0.307 e. The molecule has 0 amide bonds. The molecule has 2 aromatic carbocycles. The Labute approximate surface area is 189 Å². The molecule has 0 aliphatic carbocycles. The number of carboxylic acids is 1. The molecule has 162 valence electrons. The van der Waals surface area contributed by atoms with Crippen LogP contribution in [0.3, 0.4) is 0 Å². The topological polar surface area (TPSA) is 60.7 Å². The predicted octanol–water partition coefficient (Wildman–Crippen LogP) is 6.37. The number of benzene rings is 2. The Bertz CT molecular complexity index is 1240. The van der Waals surface area contributed by atoms with Crippen LogP contribution in [0.2, 0.25) is 5.02 Å². The van der Waals surface area contributed by atoms with E-state index in [9.17, 15) is 9.90 Å². The van der Waals surface area contributed by atoms with Crippen molar-refractivity contribution in [3.63, 3.8) is 0 Å². The molecule has 0 aliphatic heterocycles. The third-order valence-corrected chi connectivity index (χ3v) is 6.55. The summed E-state index contributed by atoms with van der Waals surface area (Å²) in [5, 5.41) is 14.2. The summed E-state index contributed by atoms with van der Waals surface area (Å²) in [6, 6.07) is 9.74. The van der Waals surface area contributed by atoms with Crippen molar-refractivity contribution in [3.05, 3.63) is 58.1 Å². The maximum absolute atomic E-state index is 11.5. The van der Waals surface area contributed by atoms with Crippen molar-refractivity contribution < 1.29 is 19.4 Å². The number of aliphatic carboxylic acids is 1. The van der Waals surface area contributed by atoms with Crippen LogP contribution in [0.1, 0.15) is 30.9 Å². The lowest BCUT2D eigenvalue weighted by Crippen LogP contribution is -2.00. The second-order valence-electron chi connectivity index (χ2n) is 7.48. The van der Waals surface area contributed by atoms with E-state index in [0.29, 0.717) is 29.7 Å². The van der Waals surface area contributed by atoms with Crippen LogP contribution < -0.4 is 9.47 Å². The third kappa shape index (κ3) is 4.50. The number of hydrogen-bond acceptors (Lipinski definition) is 4. The van der Waals surface area contributed by atoms with Gasteiger partial charge in [0.2, 0.25) is 0 Å². The Hall–Kier alpha value is -2.70. The molecule has 0 fully saturated rings. The minimum absolute atomic E-state index is 0.0551. The van der Waals surface area contributed by atoms with Crippen molar-refractivity contribution in [2.75, 3.05) is 13.7 Å². The summed E-state index contributed by atoms with van der Waals surface area (Å²) >= 11 is 7.89. The Morgan fingerprint density at radius 1 is 1.16 bits per heavy atom. The monoisotopic (exact) mass is 457 g/mol. The molecule has 7 heteroatoms. The number of carbonyl (C=O) groups is 1. The maximum atomic E-state index is 11.5. The van der Waals surface area contributed by atoms with Crippen LogP contribution in [0.4, 0.5) is 0 Å². The molecule has 31 heavy (non-hydrogen) atoms. The van der Waals surface area contributed by atoms with E-state index in [-0.39, 0.29) is 6.42 Å². The van der Waals surface area contributed by atoms with Crippen molar-refractivity contribution in [3.8, 4) is 11.5 Å². The molecule has 2 heterocycles. The van der Waals surface area contributed by atoms with Gasteiger partial charge in [0.1, 0.15) is 0 Å². The first-order valence-corrected chi connectivity index (χ1v) is 11.5. The molecule has 0 saturated carbocycles. The van der Waals surface area contributed by atoms with Gasteiger partial charge in [-0.15, -0.1) is 11.3 Å². The number of ether oxygens (including phenoxy) is 2. The van der Waals surface area contributed by atoms with Gasteiger partial charge in [-0.3, -0.25) is 4.79 Å². The van der Waals surface area contributed by atoms with E-state index in [1.807, 2.05) is 36.5 Å². The molecule has 0 unspecified atom stereocenters. The van der Waals surface area contributed by atoms with Crippen LogP contribution in [0.25, 0.3) is 21.0 Å². The summed E-state index contributed by atoms with van der Waals surface area (Å²) in [7, 11) is 1.62. The summed E-state index contributed by atoms with van der Waals surface area (Å²) in [4.78, 5) is 11.5. The van der Waals surface area contributed by atoms with Gasteiger partial charge in [0.25, 0.3) is 0 Å². The zero-order chi connectivity index (χ0) is 22.0. The molecule has 0 radical (unpaired) electrons. The Balaban J connectivity index is 1.80. The first kappa shape index (κ1) is 21.5. The highest BCUT2D eigenvalue weighted by molar-refractivity contribution is 7.17. The zero-order valence-electron chi connectivity index (χ0n) is 17.5. The number of rotatable bonds is 9. The summed E-state index contributed by atoms with van der Waals surface area (Å²) in [6.07, 6.45) is 3.84. The van der Waals surface area contributed by atoms with Gasteiger partial charge in [0, 0.05) is 33.9 Å². The highest BCUT2D eigenvalue weighted by atomic mass is 35.5. The fraction of sp³-hybridized carbons (Fsp3) is 0.292. The number of fused-ring (bicyclic) bond motifs is 2. The summed E-state index contributed by atoms with van der Waals surface area (Å²) in [5.41, 5.74) is 2.81. The summed E-state index contributed by atoms with van der Waals surface area (Å²) in [6.45, 7) is 3.31. The van der Waals surface area contributed by atoms with Gasteiger partial charge in [0.05, 0.1) is 25.7 Å². The quantitative estimate of drug-likeness (QED) is 0.296. The van der Waals surface area contributed by atoms with E-state index in [1.165, 1.54) is 4.70 Å². The minimum Gasteiger partial charge on any atom is -0.493 e.